The van der Waals surface area contributed by atoms with Crippen LogP contribution in [-0.4, -0.2) is 39.3 Å². The zero-order chi connectivity index (χ0) is 15.8. The van der Waals surface area contributed by atoms with Crippen LogP contribution >= 0.6 is 11.8 Å². The highest BCUT2D eigenvalue weighted by molar-refractivity contribution is 8.00. The van der Waals surface area contributed by atoms with Crippen LogP contribution in [0.25, 0.3) is 0 Å². The molecule has 2 rings (SSSR count). The summed E-state index contributed by atoms with van der Waals surface area (Å²) in [6, 6.07) is 1.75. The zero-order valence-corrected chi connectivity index (χ0v) is 12.6. The number of hydrogen-bond donors (Lipinski definition) is 1. The summed E-state index contributed by atoms with van der Waals surface area (Å²) >= 11 is 1.74. The van der Waals surface area contributed by atoms with Crippen LogP contribution in [0.5, 0.6) is 0 Å². The molecule has 0 unspecified atom stereocenters. The van der Waals surface area contributed by atoms with Gasteiger partial charge in [-0.2, -0.15) is 11.8 Å². The van der Waals surface area contributed by atoms with Crippen LogP contribution in [-0.2, 0) is 0 Å². The first-order valence-electron chi connectivity index (χ1n) is 6.38. The molecule has 114 valence electrons. The second-order valence-electron chi connectivity index (χ2n) is 5.48. The van der Waals surface area contributed by atoms with Gasteiger partial charge in [0, 0.05) is 23.6 Å². The lowest BCUT2D eigenvalue weighted by molar-refractivity contribution is -0.385. The van der Waals surface area contributed by atoms with E-state index < -0.39 is 22.3 Å². The standard InChI is InChI=1S/C13H16FN3O3S/c1-13(2)7-16(3-4-21-13)12(18)8-5-10(15)9(14)6-11(8)17(19)20/h5-6H,3-4,7,15H2,1-2H3. The van der Waals surface area contributed by atoms with Crippen LogP contribution in [0.1, 0.15) is 24.2 Å². The maximum absolute atomic E-state index is 13.4. The molecule has 0 aromatic heterocycles. The number of anilines is 1. The van der Waals surface area contributed by atoms with Crippen LogP contribution in [0.2, 0.25) is 0 Å². The zero-order valence-electron chi connectivity index (χ0n) is 11.8. The molecule has 6 nitrogen and oxygen atoms in total. The normalized spacial score (nSPS) is 17.6. The van der Waals surface area contributed by atoms with E-state index in [1.807, 2.05) is 13.8 Å². The molecule has 8 heteroatoms. The van der Waals surface area contributed by atoms with Crippen molar-refractivity contribution in [3.8, 4) is 0 Å². The maximum atomic E-state index is 13.4. The molecule has 1 amide bonds. The van der Waals surface area contributed by atoms with Crippen molar-refractivity contribution in [2.24, 2.45) is 0 Å². The van der Waals surface area contributed by atoms with Crippen molar-refractivity contribution in [2.75, 3.05) is 24.6 Å². The molecule has 1 aromatic carbocycles. The number of nitrogens with zero attached hydrogens (tertiary/aromatic N) is 2. The molecule has 21 heavy (non-hydrogen) atoms. The number of amides is 1. The van der Waals surface area contributed by atoms with E-state index in [-0.39, 0.29) is 16.0 Å². The summed E-state index contributed by atoms with van der Waals surface area (Å²) in [6.07, 6.45) is 0. The molecule has 0 saturated carbocycles. The highest BCUT2D eigenvalue weighted by atomic mass is 32.2. The number of carbonyl (C=O) groups is 1. The van der Waals surface area contributed by atoms with Gasteiger partial charge in [-0.1, -0.05) is 0 Å². The topological polar surface area (TPSA) is 89.5 Å². The Balaban J connectivity index is 2.39. The second kappa shape index (κ2) is 5.51. The van der Waals surface area contributed by atoms with E-state index in [1.165, 1.54) is 0 Å². The van der Waals surface area contributed by atoms with Crippen LogP contribution < -0.4 is 5.73 Å². The summed E-state index contributed by atoms with van der Waals surface area (Å²) in [5.41, 5.74) is 4.45. The molecule has 0 bridgehead atoms. The van der Waals surface area contributed by atoms with Gasteiger partial charge in [0.1, 0.15) is 5.56 Å². The fourth-order valence-electron chi connectivity index (χ4n) is 2.26. The van der Waals surface area contributed by atoms with Gasteiger partial charge in [-0.25, -0.2) is 4.39 Å². The number of rotatable bonds is 2. The molecule has 0 aliphatic carbocycles. The van der Waals surface area contributed by atoms with Crippen molar-refractivity contribution >= 4 is 29.0 Å². The number of hydrogen-bond acceptors (Lipinski definition) is 5. The molecule has 1 aromatic rings. The van der Waals surface area contributed by atoms with Crippen LogP contribution in [0.4, 0.5) is 15.8 Å². The number of nitro groups is 1. The Morgan fingerprint density at radius 3 is 2.76 bits per heavy atom. The van der Waals surface area contributed by atoms with E-state index in [0.717, 1.165) is 11.8 Å². The molecule has 0 spiro atoms. The van der Waals surface area contributed by atoms with Crippen molar-refractivity contribution in [3.63, 3.8) is 0 Å². The average molecular weight is 313 g/mol. The van der Waals surface area contributed by atoms with Gasteiger partial charge in [-0.3, -0.25) is 14.9 Å². The van der Waals surface area contributed by atoms with Crippen molar-refractivity contribution < 1.29 is 14.1 Å². The first-order chi connectivity index (χ1) is 9.71. The quantitative estimate of drug-likeness (QED) is 0.514. The Morgan fingerprint density at radius 1 is 1.52 bits per heavy atom. The summed E-state index contributed by atoms with van der Waals surface area (Å²) < 4.78 is 13.3. The van der Waals surface area contributed by atoms with Crippen molar-refractivity contribution in [1.82, 2.24) is 4.90 Å². The predicted molar refractivity (Wildman–Crippen MR) is 79.9 cm³/mol. The summed E-state index contributed by atoms with van der Waals surface area (Å²) in [4.78, 5) is 24.3. The van der Waals surface area contributed by atoms with E-state index >= 15 is 0 Å². The van der Waals surface area contributed by atoms with Gasteiger partial charge in [-0.05, 0) is 19.9 Å². The molecule has 1 fully saturated rings. The lowest BCUT2D eigenvalue weighted by Gasteiger charge is -2.37. The molecule has 2 N–H and O–H groups in total. The van der Waals surface area contributed by atoms with Gasteiger partial charge in [0.2, 0.25) is 0 Å². The van der Waals surface area contributed by atoms with Gasteiger partial charge in [-0.15, -0.1) is 0 Å². The molecular weight excluding hydrogens is 297 g/mol. The fourth-order valence-corrected chi connectivity index (χ4v) is 3.37. The number of nitro benzene ring substituents is 1. The number of benzene rings is 1. The molecule has 0 atom stereocenters. The third-order valence-electron chi connectivity index (χ3n) is 3.25. The van der Waals surface area contributed by atoms with E-state index in [4.69, 9.17) is 5.73 Å². The van der Waals surface area contributed by atoms with Crippen LogP contribution in [0.3, 0.4) is 0 Å². The van der Waals surface area contributed by atoms with Gasteiger partial charge in [0.05, 0.1) is 16.7 Å². The van der Waals surface area contributed by atoms with E-state index in [2.05, 4.69) is 0 Å². The summed E-state index contributed by atoms with van der Waals surface area (Å²) in [6.45, 7) is 4.99. The largest absolute Gasteiger partial charge is 0.396 e. The fraction of sp³-hybridized carbons (Fsp3) is 0.462. The SMILES string of the molecule is CC1(C)CN(C(=O)c2cc(N)c(F)cc2[N+](=O)[O-])CCS1. The first-order valence-corrected chi connectivity index (χ1v) is 7.36. The Hall–Kier alpha value is -1.83. The van der Waals surface area contributed by atoms with Gasteiger partial charge < -0.3 is 10.6 Å². The third kappa shape index (κ3) is 3.26. The minimum absolute atomic E-state index is 0.117. The van der Waals surface area contributed by atoms with Gasteiger partial charge >= 0.3 is 0 Å². The highest BCUT2D eigenvalue weighted by Gasteiger charge is 2.33. The van der Waals surface area contributed by atoms with Gasteiger partial charge in [0.15, 0.2) is 5.82 Å². The Morgan fingerprint density at radius 2 is 2.19 bits per heavy atom. The Kier molecular flexibility index (Phi) is 4.08. The van der Waals surface area contributed by atoms with Crippen molar-refractivity contribution in [2.45, 2.75) is 18.6 Å². The minimum atomic E-state index is -0.896. The molecule has 0 radical (unpaired) electrons. The molecule has 1 aliphatic rings. The molecule has 1 heterocycles. The lowest BCUT2D eigenvalue weighted by atomic mass is 10.1. The Labute approximate surface area is 125 Å². The van der Waals surface area contributed by atoms with Crippen LogP contribution in [0.15, 0.2) is 12.1 Å². The maximum Gasteiger partial charge on any atom is 0.285 e. The smallest absolute Gasteiger partial charge is 0.285 e. The van der Waals surface area contributed by atoms with Gasteiger partial charge in [0.25, 0.3) is 11.6 Å². The van der Waals surface area contributed by atoms with E-state index in [1.54, 1.807) is 16.7 Å². The van der Waals surface area contributed by atoms with E-state index in [0.29, 0.717) is 19.2 Å². The number of nitrogens with two attached hydrogens (primary N) is 1. The minimum Gasteiger partial charge on any atom is -0.396 e. The first kappa shape index (κ1) is 15.6. The number of thioether (sulfide) groups is 1. The highest BCUT2D eigenvalue weighted by Crippen LogP contribution is 2.32. The monoisotopic (exact) mass is 313 g/mol. The summed E-state index contributed by atoms with van der Waals surface area (Å²) in [7, 11) is 0. The van der Waals surface area contributed by atoms with E-state index in [9.17, 15) is 19.3 Å². The third-order valence-corrected chi connectivity index (χ3v) is 4.55. The Bertz CT molecular complexity index is 607. The molecule has 1 aliphatic heterocycles. The summed E-state index contributed by atoms with van der Waals surface area (Å²) in [5, 5.41) is 11.0. The molecule has 1 saturated heterocycles. The lowest BCUT2D eigenvalue weighted by Crippen LogP contribution is -2.46. The summed E-state index contributed by atoms with van der Waals surface area (Å²) in [5.74, 6) is -0.627. The van der Waals surface area contributed by atoms with Crippen molar-refractivity contribution in [3.05, 3.63) is 33.6 Å². The average Bonchev–Trinajstić information content (AvgIpc) is 2.39. The second-order valence-corrected chi connectivity index (χ2v) is 7.28. The number of carbonyl (C=O) groups excluding carboxylic acids is 1. The number of halogens is 1. The van der Waals surface area contributed by atoms with Crippen molar-refractivity contribution in [1.29, 1.82) is 0 Å². The predicted octanol–water partition coefficient (Wildman–Crippen LogP) is 2.28. The molecular formula is C13H16FN3O3S. The number of nitrogen functional groups attached to an aromatic ring is 1. The van der Waals surface area contributed by atoms with Crippen LogP contribution in [0, 0.1) is 15.9 Å².